The first-order chi connectivity index (χ1) is 8.29. The van der Waals surface area contributed by atoms with Gasteiger partial charge in [0.15, 0.2) is 0 Å². The average molecular weight is 232 g/mol. The highest BCUT2D eigenvalue weighted by Crippen LogP contribution is 2.15. The quantitative estimate of drug-likeness (QED) is 0.599. The molecule has 4 heteroatoms. The number of nitrogens with one attached hydrogen (secondary N) is 1. The van der Waals surface area contributed by atoms with E-state index in [1.165, 1.54) is 13.3 Å². The fourth-order valence-electron chi connectivity index (χ4n) is 1.38. The van der Waals surface area contributed by atoms with Gasteiger partial charge in [0, 0.05) is 19.2 Å². The minimum atomic E-state index is -0.148. The second-order valence-corrected chi connectivity index (χ2v) is 3.49. The van der Waals surface area contributed by atoms with Crippen LogP contribution < -0.4 is 10.1 Å². The molecule has 0 aliphatic carbocycles. The predicted octanol–water partition coefficient (Wildman–Crippen LogP) is 1.62. The van der Waals surface area contributed by atoms with Crippen LogP contribution in [-0.4, -0.2) is 24.5 Å². The first-order valence-corrected chi connectivity index (χ1v) is 5.49. The number of hydrogen-bond donors (Lipinski definition) is 1. The molecule has 0 aliphatic heterocycles. The van der Waals surface area contributed by atoms with Gasteiger partial charge < -0.3 is 10.1 Å². The maximum absolute atomic E-state index is 11.8. The van der Waals surface area contributed by atoms with E-state index in [9.17, 15) is 4.79 Å². The maximum atomic E-state index is 11.8. The number of carbonyl (C=O) groups excluding carboxylic acids is 1. The van der Waals surface area contributed by atoms with Gasteiger partial charge in [-0.15, -0.1) is 12.3 Å². The van der Waals surface area contributed by atoms with Crippen LogP contribution in [0.1, 0.15) is 29.6 Å². The van der Waals surface area contributed by atoms with Crippen molar-refractivity contribution < 1.29 is 9.53 Å². The molecule has 0 fully saturated rings. The molecular weight excluding hydrogens is 216 g/mol. The molecule has 0 saturated carbocycles. The highest BCUT2D eigenvalue weighted by atomic mass is 16.5. The summed E-state index contributed by atoms with van der Waals surface area (Å²) in [6.07, 6.45) is 10.8. The molecule has 0 radical (unpaired) electrons. The summed E-state index contributed by atoms with van der Waals surface area (Å²) in [6.45, 7) is 0.617. The second kappa shape index (κ2) is 7.29. The van der Waals surface area contributed by atoms with Gasteiger partial charge in [-0.3, -0.25) is 9.78 Å². The van der Waals surface area contributed by atoms with Crippen molar-refractivity contribution in [1.29, 1.82) is 0 Å². The Balaban J connectivity index is 2.44. The second-order valence-electron chi connectivity index (χ2n) is 3.49. The van der Waals surface area contributed by atoms with Crippen LogP contribution in [0.25, 0.3) is 0 Å². The van der Waals surface area contributed by atoms with E-state index in [1.54, 1.807) is 12.3 Å². The smallest absolute Gasteiger partial charge is 0.255 e. The van der Waals surface area contributed by atoms with E-state index in [-0.39, 0.29) is 5.91 Å². The van der Waals surface area contributed by atoms with Crippen LogP contribution in [-0.2, 0) is 0 Å². The van der Waals surface area contributed by atoms with Gasteiger partial charge in [-0.2, -0.15) is 0 Å². The van der Waals surface area contributed by atoms with E-state index in [4.69, 9.17) is 11.2 Å². The van der Waals surface area contributed by atoms with E-state index < -0.39 is 0 Å². The lowest BCUT2D eigenvalue weighted by Crippen LogP contribution is -2.24. The number of terminal acetylenes is 1. The number of ether oxygens (including phenoxy) is 1. The molecule has 0 atom stereocenters. The van der Waals surface area contributed by atoms with Gasteiger partial charge in [0.25, 0.3) is 5.91 Å². The molecule has 0 aliphatic rings. The van der Waals surface area contributed by atoms with Crippen LogP contribution in [0.5, 0.6) is 5.75 Å². The summed E-state index contributed by atoms with van der Waals surface area (Å²) in [5.74, 6) is 2.90. The normalized spacial score (nSPS) is 9.41. The monoisotopic (exact) mass is 232 g/mol. The van der Waals surface area contributed by atoms with Gasteiger partial charge in [-0.1, -0.05) is 0 Å². The summed E-state index contributed by atoms with van der Waals surface area (Å²) in [7, 11) is 1.51. The topological polar surface area (TPSA) is 51.2 Å². The zero-order valence-corrected chi connectivity index (χ0v) is 9.90. The molecule has 1 amide bonds. The van der Waals surface area contributed by atoms with E-state index >= 15 is 0 Å². The molecule has 4 nitrogen and oxygen atoms in total. The van der Waals surface area contributed by atoms with Crippen LogP contribution in [0.2, 0.25) is 0 Å². The minimum Gasteiger partial charge on any atom is -0.494 e. The molecule has 0 unspecified atom stereocenters. The van der Waals surface area contributed by atoms with Gasteiger partial charge in [0.2, 0.25) is 0 Å². The number of aromatic nitrogens is 1. The number of methoxy groups -OCH3 is 1. The molecule has 0 bridgehead atoms. The van der Waals surface area contributed by atoms with Gasteiger partial charge in [0.05, 0.1) is 18.9 Å². The Morgan fingerprint density at radius 3 is 3.12 bits per heavy atom. The van der Waals surface area contributed by atoms with Crippen molar-refractivity contribution in [2.75, 3.05) is 13.7 Å². The summed E-state index contributed by atoms with van der Waals surface area (Å²) < 4.78 is 5.06. The van der Waals surface area contributed by atoms with Crippen molar-refractivity contribution in [2.45, 2.75) is 19.3 Å². The number of nitrogens with zero attached hydrogens (tertiary/aromatic N) is 1. The molecule has 0 spiro atoms. The molecular formula is C13H16N2O2. The highest BCUT2D eigenvalue weighted by Gasteiger charge is 2.10. The fourth-order valence-corrected chi connectivity index (χ4v) is 1.38. The van der Waals surface area contributed by atoms with Crippen LogP contribution in [0, 0.1) is 12.3 Å². The van der Waals surface area contributed by atoms with E-state index in [0.29, 0.717) is 17.9 Å². The third-order valence-corrected chi connectivity index (χ3v) is 2.28. The fraction of sp³-hybridized carbons (Fsp3) is 0.385. The molecule has 1 rings (SSSR count). The number of amides is 1. The lowest BCUT2D eigenvalue weighted by molar-refractivity contribution is 0.0950. The Morgan fingerprint density at radius 1 is 1.59 bits per heavy atom. The van der Waals surface area contributed by atoms with Gasteiger partial charge >= 0.3 is 0 Å². The Hall–Kier alpha value is -2.02. The van der Waals surface area contributed by atoms with E-state index in [1.807, 2.05) is 0 Å². The average Bonchev–Trinajstić information content (AvgIpc) is 2.38. The minimum absolute atomic E-state index is 0.148. The molecule has 90 valence electrons. The first kappa shape index (κ1) is 13.0. The lowest BCUT2D eigenvalue weighted by Gasteiger charge is -2.08. The molecule has 1 N–H and O–H groups in total. The van der Waals surface area contributed by atoms with Gasteiger partial charge in [-0.05, 0) is 18.9 Å². The zero-order valence-electron chi connectivity index (χ0n) is 9.90. The molecule has 0 aromatic carbocycles. The van der Waals surface area contributed by atoms with Gasteiger partial charge in [0.1, 0.15) is 5.75 Å². The van der Waals surface area contributed by atoms with E-state index in [2.05, 4.69) is 16.2 Å². The standard InChI is InChI=1S/C13H16N2O2/c1-3-4-5-6-8-15-13(16)11-7-9-14-10-12(11)17-2/h1,7,9-10H,4-6,8H2,2H3,(H,15,16). The van der Waals surface area contributed by atoms with Crippen molar-refractivity contribution in [3.8, 4) is 18.1 Å². The molecule has 1 heterocycles. The zero-order chi connectivity index (χ0) is 12.5. The first-order valence-electron chi connectivity index (χ1n) is 5.49. The third-order valence-electron chi connectivity index (χ3n) is 2.28. The summed E-state index contributed by atoms with van der Waals surface area (Å²) in [4.78, 5) is 15.7. The Bertz CT molecular complexity index is 410. The molecule has 1 aromatic rings. The third kappa shape index (κ3) is 4.15. The number of carbonyl (C=O) groups is 1. The van der Waals surface area contributed by atoms with Gasteiger partial charge in [-0.25, -0.2) is 0 Å². The SMILES string of the molecule is C#CCCCCNC(=O)c1ccncc1OC. The lowest BCUT2D eigenvalue weighted by atomic mass is 10.2. The Kier molecular flexibility index (Phi) is 5.59. The van der Waals surface area contributed by atoms with Crippen molar-refractivity contribution in [3.63, 3.8) is 0 Å². The number of hydrogen-bond acceptors (Lipinski definition) is 3. The van der Waals surface area contributed by atoms with Crippen LogP contribution in [0.4, 0.5) is 0 Å². The molecule has 0 saturated heterocycles. The van der Waals surface area contributed by atoms with Crippen molar-refractivity contribution >= 4 is 5.91 Å². The summed E-state index contributed by atoms with van der Waals surface area (Å²) in [6, 6.07) is 1.63. The van der Waals surface area contributed by atoms with E-state index in [0.717, 1.165) is 19.3 Å². The summed E-state index contributed by atoms with van der Waals surface area (Å²) in [5, 5.41) is 2.82. The van der Waals surface area contributed by atoms with Crippen LogP contribution >= 0.6 is 0 Å². The molecule has 17 heavy (non-hydrogen) atoms. The molecule has 1 aromatic heterocycles. The predicted molar refractivity (Wildman–Crippen MR) is 65.8 cm³/mol. The maximum Gasteiger partial charge on any atom is 0.255 e. The summed E-state index contributed by atoms with van der Waals surface area (Å²) >= 11 is 0. The Labute approximate surface area is 101 Å². The number of rotatable bonds is 6. The van der Waals surface area contributed by atoms with Crippen molar-refractivity contribution in [1.82, 2.24) is 10.3 Å². The van der Waals surface area contributed by atoms with Crippen LogP contribution in [0.3, 0.4) is 0 Å². The van der Waals surface area contributed by atoms with Crippen LogP contribution in [0.15, 0.2) is 18.5 Å². The largest absolute Gasteiger partial charge is 0.494 e. The van der Waals surface area contributed by atoms with Crippen molar-refractivity contribution in [3.05, 3.63) is 24.0 Å². The number of unbranched alkanes of at least 4 members (excludes halogenated alkanes) is 2. The van der Waals surface area contributed by atoms with Crippen molar-refractivity contribution in [2.24, 2.45) is 0 Å². The summed E-state index contributed by atoms with van der Waals surface area (Å²) in [5.41, 5.74) is 0.499. The highest BCUT2D eigenvalue weighted by molar-refractivity contribution is 5.96. The number of pyridine rings is 1. The Morgan fingerprint density at radius 2 is 2.41 bits per heavy atom.